The number of hydrogen-bond acceptors (Lipinski definition) is 5. The molecule has 28 heavy (non-hydrogen) atoms. The maximum absolute atomic E-state index is 12.2. The number of rotatable bonds is 6. The normalized spacial score (nSPS) is 10.6. The molecule has 3 rings (SSSR count). The van der Waals surface area contributed by atoms with Crippen LogP contribution in [0.3, 0.4) is 0 Å². The second kappa shape index (κ2) is 8.30. The van der Waals surface area contributed by atoms with Crippen molar-refractivity contribution in [3.8, 4) is 0 Å². The van der Waals surface area contributed by atoms with Gasteiger partial charge in [0.1, 0.15) is 12.4 Å². The highest BCUT2D eigenvalue weighted by molar-refractivity contribution is 5.84. The predicted octanol–water partition coefficient (Wildman–Crippen LogP) is 1.90. The topological polar surface area (TPSA) is 119 Å². The van der Waals surface area contributed by atoms with Gasteiger partial charge in [-0.2, -0.15) is 0 Å². The SMILES string of the molecule is CCc1nc2ccccc2n1CC(=O)NNC(=O)Cc1ccc([N+](=O)[O-])cc1. The van der Waals surface area contributed by atoms with E-state index in [9.17, 15) is 19.7 Å². The Morgan fingerprint density at radius 2 is 1.75 bits per heavy atom. The summed E-state index contributed by atoms with van der Waals surface area (Å²) in [5.74, 6) is -0.0168. The van der Waals surface area contributed by atoms with Gasteiger partial charge in [-0.1, -0.05) is 31.2 Å². The molecule has 3 aromatic rings. The van der Waals surface area contributed by atoms with Crippen LogP contribution in [0.15, 0.2) is 48.5 Å². The van der Waals surface area contributed by atoms with Crippen molar-refractivity contribution >= 4 is 28.5 Å². The molecule has 2 aromatic carbocycles. The van der Waals surface area contributed by atoms with Gasteiger partial charge in [-0.05, 0) is 17.7 Å². The molecule has 0 atom stereocenters. The highest BCUT2D eigenvalue weighted by Gasteiger charge is 2.13. The average molecular weight is 381 g/mol. The molecule has 0 saturated carbocycles. The summed E-state index contributed by atoms with van der Waals surface area (Å²) in [7, 11) is 0. The lowest BCUT2D eigenvalue weighted by molar-refractivity contribution is -0.384. The minimum absolute atomic E-state index is 0.00745. The van der Waals surface area contributed by atoms with Crippen LogP contribution in [0.2, 0.25) is 0 Å². The van der Waals surface area contributed by atoms with Gasteiger partial charge in [-0.15, -0.1) is 0 Å². The summed E-state index contributed by atoms with van der Waals surface area (Å²) in [6.07, 6.45) is 0.668. The number of fused-ring (bicyclic) bond motifs is 1. The smallest absolute Gasteiger partial charge is 0.269 e. The summed E-state index contributed by atoms with van der Waals surface area (Å²) in [5.41, 5.74) is 6.98. The maximum Gasteiger partial charge on any atom is 0.269 e. The van der Waals surface area contributed by atoms with E-state index in [4.69, 9.17) is 0 Å². The number of nitro benzene ring substituents is 1. The molecule has 9 heteroatoms. The molecule has 0 spiro atoms. The molecule has 144 valence electrons. The zero-order chi connectivity index (χ0) is 20.1. The Morgan fingerprint density at radius 1 is 1.07 bits per heavy atom. The van der Waals surface area contributed by atoms with Crippen LogP contribution in [0.4, 0.5) is 5.69 Å². The zero-order valence-electron chi connectivity index (χ0n) is 15.2. The van der Waals surface area contributed by atoms with Gasteiger partial charge in [-0.25, -0.2) is 4.98 Å². The Kier molecular flexibility index (Phi) is 5.64. The lowest BCUT2D eigenvalue weighted by Crippen LogP contribution is -2.43. The van der Waals surface area contributed by atoms with Crippen molar-refractivity contribution in [1.82, 2.24) is 20.4 Å². The van der Waals surface area contributed by atoms with Gasteiger partial charge in [0, 0.05) is 18.6 Å². The van der Waals surface area contributed by atoms with E-state index >= 15 is 0 Å². The molecule has 1 heterocycles. The number of non-ortho nitro benzene ring substituents is 1. The molecule has 0 unspecified atom stereocenters. The maximum atomic E-state index is 12.2. The molecule has 2 N–H and O–H groups in total. The van der Waals surface area contributed by atoms with E-state index in [0.717, 1.165) is 16.9 Å². The molecule has 9 nitrogen and oxygen atoms in total. The lowest BCUT2D eigenvalue weighted by atomic mass is 10.1. The first-order valence-electron chi connectivity index (χ1n) is 8.73. The highest BCUT2D eigenvalue weighted by Crippen LogP contribution is 2.16. The van der Waals surface area contributed by atoms with Gasteiger partial charge in [0.2, 0.25) is 5.91 Å². The number of nitro groups is 1. The van der Waals surface area contributed by atoms with Gasteiger partial charge in [0.25, 0.3) is 11.6 Å². The Balaban J connectivity index is 1.57. The summed E-state index contributed by atoms with van der Waals surface area (Å²) in [6, 6.07) is 13.2. The van der Waals surface area contributed by atoms with Crippen LogP contribution in [-0.2, 0) is 29.0 Å². The number of carbonyl (C=O) groups is 2. The Morgan fingerprint density at radius 3 is 2.43 bits per heavy atom. The fourth-order valence-corrected chi connectivity index (χ4v) is 2.86. The van der Waals surface area contributed by atoms with Gasteiger partial charge >= 0.3 is 0 Å². The van der Waals surface area contributed by atoms with E-state index in [1.165, 1.54) is 24.3 Å². The number of para-hydroxylation sites is 2. The first-order chi connectivity index (χ1) is 13.5. The standard InChI is InChI=1S/C19H19N5O4/c1-2-17-20-15-5-3-4-6-16(15)23(17)12-19(26)22-21-18(25)11-13-7-9-14(10-8-13)24(27)28/h3-10H,2,11-12H2,1H3,(H,21,25)(H,22,26). The van der Waals surface area contributed by atoms with Crippen LogP contribution in [0.5, 0.6) is 0 Å². The zero-order valence-corrected chi connectivity index (χ0v) is 15.2. The monoisotopic (exact) mass is 381 g/mol. The number of aromatic nitrogens is 2. The molecule has 0 radical (unpaired) electrons. The predicted molar refractivity (Wildman–Crippen MR) is 102 cm³/mol. The summed E-state index contributed by atoms with van der Waals surface area (Å²) >= 11 is 0. The van der Waals surface area contributed by atoms with Crippen molar-refractivity contribution in [1.29, 1.82) is 0 Å². The molecule has 2 amide bonds. The molecule has 0 bridgehead atoms. The van der Waals surface area contributed by atoms with Gasteiger partial charge in [-0.3, -0.25) is 30.6 Å². The largest absolute Gasteiger partial charge is 0.318 e. The van der Waals surface area contributed by atoms with Crippen LogP contribution in [0.1, 0.15) is 18.3 Å². The van der Waals surface area contributed by atoms with Crippen LogP contribution < -0.4 is 10.9 Å². The number of carbonyl (C=O) groups excluding carboxylic acids is 2. The van der Waals surface area contributed by atoms with E-state index in [1.54, 1.807) is 0 Å². The summed E-state index contributed by atoms with van der Waals surface area (Å²) in [4.78, 5) is 38.9. The third-order valence-corrected chi connectivity index (χ3v) is 4.20. The third kappa shape index (κ3) is 4.32. The third-order valence-electron chi connectivity index (χ3n) is 4.20. The number of hydrogen-bond donors (Lipinski definition) is 2. The molecule has 0 fully saturated rings. The van der Waals surface area contributed by atoms with E-state index in [0.29, 0.717) is 12.0 Å². The highest BCUT2D eigenvalue weighted by atomic mass is 16.6. The fraction of sp³-hybridized carbons (Fsp3) is 0.211. The minimum Gasteiger partial charge on any atom is -0.318 e. The van der Waals surface area contributed by atoms with E-state index in [-0.39, 0.29) is 24.6 Å². The number of nitrogens with zero attached hydrogens (tertiary/aromatic N) is 3. The van der Waals surface area contributed by atoms with Crippen molar-refractivity contribution in [3.63, 3.8) is 0 Å². The molecule has 0 aliphatic carbocycles. The average Bonchev–Trinajstić information content (AvgIpc) is 3.04. The van der Waals surface area contributed by atoms with Crippen molar-refractivity contribution in [2.24, 2.45) is 0 Å². The Bertz CT molecular complexity index is 1030. The Hall–Kier alpha value is -3.75. The van der Waals surface area contributed by atoms with Crippen LogP contribution in [0.25, 0.3) is 11.0 Å². The van der Waals surface area contributed by atoms with Gasteiger partial charge < -0.3 is 4.57 Å². The van der Waals surface area contributed by atoms with Gasteiger partial charge in [0.05, 0.1) is 22.4 Å². The van der Waals surface area contributed by atoms with E-state index < -0.39 is 10.8 Å². The number of amides is 2. The van der Waals surface area contributed by atoms with Crippen LogP contribution in [0, 0.1) is 10.1 Å². The summed E-state index contributed by atoms with van der Waals surface area (Å²) < 4.78 is 1.81. The van der Waals surface area contributed by atoms with Crippen LogP contribution in [-0.4, -0.2) is 26.3 Å². The number of imidazole rings is 1. The summed E-state index contributed by atoms with van der Waals surface area (Å²) in [5, 5.41) is 10.6. The van der Waals surface area contributed by atoms with Crippen LogP contribution >= 0.6 is 0 Å². The summed E-state index contributed by atoms with van der Waals surface area (Å²) in [6.45, 7) is 1.99. The number of hydrazine groups is 1. The quantitative estimate of drug-likeness (QED) is 0.499. The minimum atomic E-state index is -0.506. The van der Waals surface area contributed by atoms with Crippen molar-refractivity contribution in [2.45, 2.75) is 26.3 Å². The molecule has 0 aliphatic heterocycles. The first-order valence-corrected chi connectivity index (χ1v) is 8.73. The fourth-order valence-electron chi connectivity index (χ4n) is 2.86. The number of nitrogens with one attached hydrogen (secondary N) is 2. The molecular formula is C19H19N5O4. The second-order valence-electron chi connectivity index (χ2n) is 6.15. The van der Waals surface area contributed by atoms with Crippen molar-refractivity contribution in [3.05, 3.63) is 70.0 Å². The van der Waals surface area contributed by atoms with E-state index in [1.807, 2.05) is 35.8 Å². The van der Waals surface area contributed by atoms with Crippen molar-refractivity contribution in [2.75, 3.05) is 0 Å². The van der Waals surface area contributed by atoms with Gasteiger partial charge in [0.15, 0.2) is 0 Å². The number of aryl methyl sites for hydroxylation is 1. The Labute approximate surface area is 160 Å². The van der Waals surface area contributed by atoms with Crippen molar-refractivity contribution < 1.29 is 14.5 Å². The molecule has 0 aliphatic rings. The number of benzene rings is 2. The first kappa shape index (κ1) is 19.0. The second-order valence-corrected chi connectivity index (χ2v) is 6.15. The molecular weight excluding hydrogens is 362 g/mol. The lowest BCUT2D eigenvalue weighted by Gasteiger charge is -2.10. The molecule has 0 saturated heterocycles. The van der Waals surface area contributed by atoms with E-state index in [2.05, 4.69) is 15.8 Å². The molecule has 1 aromatic heterocycles.